The number of nitrogens with one attached hydrogen (secondary N) is 2. The van der Waals surface area contributed by atoms with Gasteiger partial charge in [0.15, 0.2) is 5.82 Å². The van der Waals surface area contributed by atoms with Gasteiger partial charge in [0.1, 0.15) is 0 Å². The van der Waals surface area contributed by atoms with Gasteiger partial charge in [-0.15, -0.1) is 0 Å². The molecule has 0 spiro atoms. The maximum Gasteiger partial charge on any atom is 0.228 e. The number of H-pyrrole nitrogens is 1. The van der Waals surface area contributed by atoms with E-state index in [9.17, 15) is 4.79 Å². The van der Waals surface area contributed by atoms with Gasteiger partial charge in [0, 0.05) is 15.8 Å². The van der Waals surface area contributed by atoms with Crippen LogP contribution < -0.4 is 5.32 Å². The summed E-state index contributed by atoms with van der Waals surface area (Å²) in [7, 11) is 0. The molecule has 1 heterocycles. The highest BCUT2D eigenvalue weighted by Crippen LogP contribution is 2.31. The standard InChI is InChI=1S/C11H10BrN3O/c12-7-3-4-8-9(5-7)14-15-10(8)13-11(16)6-1-2-6/h3-6H,1-2H2,(H2,13,14,15,16). The number of rotatable bonds is 2. The fourth-order valence-corrected chi connectivity index (χ4v) is 2.01. The van der Waals surface area contributed by atoms with Gasteiger partial charge in [-0.05, 0) is 31.0 Å². The highest BCUT2D eigenvalue weighted by molar-refractivity contribution is 9.10. The maximum atomic E-state index is 11.6. The normalized spacial score (nSPS) is 15.3. The van der Waals surface area contributed by atoms with Gasteiger partial charge in [-0.25, -0.2) is 0 Å². The lowest BCUT2D eigenvalue weighted by molar-refractivity contribution is -0.117. The summed E-state index contributed by atoms with van der Waals surface area (Å²) in [5, 5.41) is 10.8. The van der Waals surface area contributed by atoms with Crippen LogP contribution in [0.5, 0.6) is 0 Å². The van der Waals surface area contributed by atoms with Crippen LogP contribution in [0, 0.1) is 5.92 Å². The Morgan fingerprint density at radius 3 is 3.06 bits per heavy atom. The molecule has 5 heteroatoms. The Hall–Kier alpha value is -1.36. The fourth-order valence-electron chi connectivity index (χ4n) is 1.65. The molecule has 1 aliphatic carbocycles. The summed E-state index contributed by atoms with van der Waals surface area (Å²) in [5.74, 6) is 0.901. The molecule has 82 valence electrons. The van der Waals surface area contributed by atoms with Crippen LogP contribution in [-0.2, 0) is 4.79 Å². The second-order valence-electron chi connectivity index (χ2n) is 4.03. The molecular weight excluding hydrogens is 270 g/mol. The van der Waals surface area contributed by atoms with Gasteiger partial charge in [-0.1, -0.05) is 15.9 Å². The Bertz CT molecular complexity index is 559. The first kappa shape index (κ1) is 9.84. The zero-order valence-electron chi connectivity index (χ0n) is 8.46. The molecule has 2 N–H and O–H groups in total. The van der Waals surface area contributed by atoms with Crippen LogP contribution in [0.2, 0.25) is 0 Å². The van der Waals surface area contributed by atoms with Crippen molar-refractivity contribution in [1.29, 1.82) is 0 Å². The molecule has 0 bridgehead atoms. The molecule has 0 unspecified atom stereocenters. The van der Waals surface area contributed by atoms with E-state index in [0.717, 1.165) is 28.2 Å². The number of anilines is 1. The smallest absolute Gasteiger partial charge is 0.228 e. The van der Waals surface area contributed by atoms with E-state index in [4.69, 9.17) is 0 Å². The monoisotopic (exact) mass is 279 g/mol. The Kier molecular flexibility index (Phi) is 2.21. The summed E-state index contributed by atoms with van der Waals surface area (Å²) in [6.07, 6.45) is 2.00. The van der Waals surface area contributed by atoms with Crippen LogP contribution in [0.1, 0.15) is 12.8 Å². The van der Waals surface area contributed by atoms with Crippen LogP contribution in [0.25, 0.3) is 10.9 Å². The van der Waals surface area contributed by atoms with Gasteiger partial charge in [-0.3, -0.25) is 9.89 Å². The van der Waals surface area contributed by atoms with Gasteiger partial charge in [-0.2, -0.15) is 5.10 Å². The predicted octanol–water partition coefficient (Wildman–Crippen LogP) is 2.67. The van der Waals surface area contributed by atoms with Gasteiger partial charge < -0.3 is 5.32 Å². The fraction of sp³-hybridized carbons (Fsp3) is 0.273. The van der Waals surface area contributed by atoms with Crippen molar-refractivity contribution in [3.63, 3.8) is 0 Å². The number of aromatic nitrogens is 2. The van der Waals surface area contributed by atoms with Crippen LogP contribution in [0.3, 0.4) is 0 Å². The topological polar surface area (TPSA) is 57.8 Å². The van der Waals surface area contributed by atoms with Crippen LogP contribution >= 0.6 is 15.9 Å². The van der Waals surface area contributed by atoms with Crippen molar-refractivity contribution < 1.29 is 4.79 Å². The van der Waals surface area contributed by atoms with E-state index in [1.54, 1.807) is 0 Å². The van der Waals surface area contributed by atoms with E-state index in [-0.39, 0.29) is 11.8 Å². The zero-order chi connectivity index (χ0) is 11.1. The predicted molar refractivity (Wildman–Crippen MR) is 65.1 cm³/mol. The van der Waals surface area contributed by atoms with Crippen molar-refractivity contribution in [3.8, 4) is 0 Å². The molecule has 4 nitrogen and oxygen atoms in total. The molecule has 0 aliphatic heterocycles. The van der Waals surface area contributed by atoms with Crippen molar-refractivity contribution in [1.82, 2.24) is 10.2 Å². The number of halogens is 1. The number of carbonyl (C=O) groups excluding carboxylic acids is 1. The number of nitrogens with zero attached hydrogens (tertiary/aromatic N) is 1. The number of aromatic amines is 1. The number of fused-ring (bicyclic) bond motifs is 1. The number of carbonyl (C=O) groups is 1. The molecular formula is C11H10BrN3O. The minimum atomic E-state index is 0.0799. The largest absolute Gasteiger partial charge is 0.308 e. The quantitative estimate of drug-likeness (QED) is 0.888. The van der Waals surface area contributed by atoms with Gasteiger partial charge in [0.2, 0.25) is 5.91 Å². The Morgan fingerprint density at radius 2 is 2.31 bits per heavy atom. The van der Waals surface area contributed by atoms with Crippen molar-refractivity contribution in [2.24, 2.45) is 5.92 Å². The van der Waals surface area contributed by atoms with E-state index >= 15 is 0 Å². The first-order chi connectivity index (χ1) is 7.74. The minimum Gasteiger partial charge on any atom is -0.308 e. The summed E-state index contributed by atoms with van der Waals surface area (Å²) in [5.41, 5.74) is 0.917. The Morgan fingerprint density at radius 1 is 1.50 bits per heavy atom. The summed E-state index contributed by atoms with van der Waals surface area (Å²) in [4.78, 5) is 11.6. The summed E-state index contributed by atoms with van der Waals surface area (Å²) >= 11 is 3.39. The third-order valence-corrected chi connectivity index (χ3v) is 3.21. The molecule has 3 rings (SSSR count). The number of hydrogen-bond acceptors (Lipinski definition) is 2. The van der Waals surface area contributed by atoms with Crippen molar-refractivity contribution in [3.05, 3.63) is 22.7 Å². The first-order valence-corrected chi connectivity index (χ1v) is 5.98. The third-order valence-electron chi connectivity index (χ3n) is 2.71. The molecule has 1 aromatic heterocycles. The molecule has 1 fully saturated rings. The second kappa shape index (κ2) is 3.59. The van der Waals surface area contributed by atoms with Crippen LogP contribution in [0.4, 0.5) is 5.82 Å². The van der Waals surface area contributed by atoms with E-state index in [1.807, 2.05) is 18.2 Å². The SMILES string of the molecule is O=C(Nc1n[nH]c2cc(Br)ccc12)C1CC1. The summed E-state index contributed by atoms with van der Waals surface area (Å²) in [6.45, 7) is 0. The molecule has 2 aromatic rings. The highest BCUT2D eigenvalue weighted by Gasteiger charge is 2.30. The van der Waals surface area contributed by atoms with Gasteiger partial charge in [0.05, 0.1) is 5.52 Å². The first-order valence-electron chi connectivity index (χ1n) is 5.18. The van der Waals surface area contributed by atoms with Gasteiger partial charge in [0.25, 0.3) is 0 Å². The van der Waals surface area contributed by atoms with Crippen LogP contribution in [0.15, 0.2) is 22.7 Å². The van der Waals surface area contributed by atoms with Crippen molar-refractivity contribution in [2.45, 2.75) is 12.8 Å². The molecule has 16 heavy (non-hydrogen) atoms. The lowest BCUT2D eigenvalue weighted by Crippen LogP contribution is -2.13. The number of benzene rings is 1. The lowest BCUT2D eigenvalue weighted by atomic mass is 10.2. The lowest BCUT2D eigenvalue weighted by Gasteiger charge is -1.99. The third kappa shape index (κ3) is 1.71. The van der Waals surface area contributed by atoms with E-state index in [0.29, 0.717) is 5.82 Å². The molecule has 0 radical (unpaired) electrons. The zero-order valence-corrected chi connectivity index (χ0v) is 10.0. The maximum absolute atomic E-state index is 11.6. The van der Waals surface area contributed by atoms with E-state index < -0.39 is 0 Å². The Balaban J connectivity index is 1.94. The average molecular weight is 280 g/mol. The summed E-state index contributed by atoms with van der Waals surface area (Å²) < 4.78 is 0.990. The molecule has 1 aliphatic rings. The highest BCUT2D eigenvalue weighted by atomic mass is 79.9. The van der Waals surface area contributed by atoms with Gasteiger partial charge >= 0.3 is 0 Å². The Labute approximate surface area is 101 Å². The molecule has 1 amide bonds. The average Bonchev–Trinajstić information content (AvgIpc) is 3.03. The number of hydrogen-bond donors (Lipinski definition) is 2. The molecule has 1 aromatic carbocycles. The van der Waals surface area contributed by atoms with Crippen LogP contribution in [-0.4, -0.2) is 16.1 Å². The molecule has 1 saturated carbocycles. The number of amides is 1. The molecule has 0 atom stereocenters. The van der Waals surface area contributed by atoms with Crippen molar-refractivity contribution in [2.75, 3.05) is 5.32 Å². The van der Waals surface area contributed by atoms with Crippen molar-refractivity contribution >= 4 is 38.6 Å². The molecule has 0 saturated heterocycles. The second-order valence-corrected chi connectivity index (χ2v) is 4.94. The summed E-state index contributed by atoms with van der Waals surface area (Å²) in [6, 6.07) is 5.81. The minimum absolute atomic E-state index is 0.0799. The van der Waals surface area contributed by atoms with E-state index in [1.165, 1.54) is 0 Å². The van der Waals surface area contributed by atoms with E-state index in [2.05, 4.69) is 31.4 Å².